The second-order valence-corrected chi connectivity index (χ2v) is 5.95. The number of hydrogen-bond acceptors (Lipinski definition) is 4. The second-order valence-electron chi connectivity index (χ2n) is 5.04. The molecular formula is C14H17BrN4O2. The van der Waals surface area contributed by atoms with E-state index in [-0.39, 0.29) is 10.6 Å². The first-order chi connectivity index (χ1) is 9.97. The number of rotatable bonds is 6. The highest BCUT2D eigenvalue weighted by Gasteiger charge is 2.15. The van der Waals surface area contributed by atoms with Crippen LogP contribution in [-0.2, 0) is 13.1 Å². The molecule has 112 valence electrons. The highest BCUT2D eigenvalue weighted by atomic mass is 79.9. The van der Waals surface area contributed by atoms with Crippen molar-refractivity contribution in [3.05, 3.63) is 56.6 Å². The summed E-state index contributed by atoms with van der Waals surface area (Å²) in [7, 11) is 0. The predicted octanol–water partition coefficient (Wildman–Crippen LogP) is 3.10. The molecule has 0 fully saturated rings. The van der Waals surface area contributed by atoms with Crippen molar-refractivity contribution >= 4 is 21.6 Å². The molecule has 0 aliphatic rings. The van der Waals surface area contributed by atoms with Gasteiger partial charge in [0.2, 0.25) is 0 Å². The highest BCUT2D eigenvalue weighted by Crippen LogP contribution is 2.24. The smallest absolute Gasteiger partial charge is 0.275 e. The summed E-state index contributed by atoms with van der Waals surface area (Å²) in [5, 5.41) is 14.4. The number of nitro benzene ring substituents is 1. The quantitative estimate of drug-likeness (QED) is 0.640. The standard InChI is InChI=1S/C14H17BrN4O2/c1-10(2)17-8-14-16-5-6-18(14)9-11-3-4-12(15)7-13(11)19(20)21/h3-7,10,17H,8-9H2,1-2H3. The van der Waals surface area contributed by atoms with Crippen molar-refractivity contribution in [2.24, 2.45) is 0 Å². The number of halogens is 1. The van der Waals surface area contributed by atoms with Crippen LogP contribution in [0, 0.1) is 10.1 Å². The van der Waals surface area contributed by atoms with Crippen LogP contribution in [-0.4, -0.2) is 20.5 Å². The second kappa shape index (κ2) is 6.82. The van der Waals surface area contributed by atoms with Crippen LogP contribution in [0.3, 0.4) is 0 Å². The van der Waals surface area contributed by atoms with Gasteiger partial charge in [-0.15, -0.1) is 0 Å². The van der Waals surface area contributed by atoms with Crippen molar-refractivity contribution in [1.82, 2.24) is 14.9 Å². The van der Waals surface area contributed by atoms with E-state index < -0.39 is 0 Å². The molecule has 21 heavy (non-hydrogen) atoms. The molecular weight excluding hydrogens is 336 g/mol. The van der Waals surface area contributed by atoms with Gasteiger partial charge >= 0.3 is 0 Å². The number of nitro groups is 1. The normalized spacial score (nSPS) is 11.0. The van der Waals surface area contributed by atoms with E-state index in [1.165, 1.54) is 6.07 Å². The Balaban J connectivity index is 2.23. The van der Waals surface area contributed by atoms with E-state index in [9.17, 15) is 10.1 Å². The van der Waals surface area contributed by atoms with Gasteiger partial charge in [0, 0.05) is 34.5 Å². The van der Waals surface area contributed by atoms with Gasteiger partial charge in [-0.1, -0.05) is 29.8 Å². The third-order valence-electron chi connectivity index (χ3n) is 3.05. The summed E-state index contributed by atoms with van der Waals surface area (Å²) in [6.45, 7) is 5.19. The van der Waals surface area contributed by atoms with Gasteiger partial charge in [0.15, 0.2) is 0 Å². The molecule has 0 amide bonds. The van der Waals surface area contributed by atoms with Crippen LogP contribution in [0.5, 0.6) is 0 Å². The zero-order valence-electron chi connectivity index (χ0n) is 11.9. The lowest BCUT2D eigenvalue weighted by Crippen LogP contribution is -2.24. The summed E-state index contributed by atoms with van der Waals surface area (Å²) in [6, 6.07) is 5.46. The average Bonchev–Trinajstić information content (AvgIpc) is 2.85. The van der Waals surface area contributed by atoms with Gasteiger partial charge in [-0.3, -0.25) is 10.1 Å². The zero-order chi connectivity index (χ0) is 15.4. The number of aromatic nitrogens is 2. The van der Waals surface area contributed by atoms with E-state index in [1.807, 2.05) is 16.8 Å². The van der Waals surface area contributed by atoms with Crippen molar-refractivity contribution in [2.75, 3.05) is 0 Å². The van der Waals surface area contributed by atoms with Crippen molar-refractivity contribution in [3.8, 4) is 0 Å². The maximum Gasteiger partial charge on any atom is 0.275 e. The fraction of sp³-hybridized carbons (Fsp3) is 0.357. The topological polar surface area (TPSA) is 73.0 Å². The van der Waals surface area contributed by atoms with Crippen molar-refractivity contribution in [3.63, 3.8) is 0 Å². The van der Waals surface area contributed by atoms with Crippen molar-refractivity contribution in [1.29, 1.82) is 0 Å². The van der Waals surface area contributed by atoms with Crippen LogP contribution in [0.4, 0.5) is 5.69 Å². The Labute approximate surface area is 131 Å². The molecule has 1 aromatic heterocycles. The van der Waals surface area contributed by atoms with Crippen LogP contribution in [0.25, 0.3) is 0 Å². The van der Waals surface area contributed by atoms with Gasteiger partial charge in [0.25, 0.3) is 5.69 Å². The molecule has 1 heterocycles. The molecule has 0 aliphatic carbocycles. The van der Waals surface area contributed by atoms with Crippen molar-refractivity contribution < 1.29 is 4.92 Å². The molecule has 1 aromatic carbocycles. The SMILES string of the molecule is CC(C)NCc1nccn1Cc1ccc(Br)cc1[N+](=O)[O-]. The third-order valence-corrected chi connectivity index (χ3v) is 3.55. The Morgan fingerprint density at radius 1 is 1.48 bits per heavy atom. The fourth-order valence-corrected chi connectivity index (χ4v) is 2.32. The molecule has 0 bridgehead atoms. The molecule has 0 atom stereocenters. The Kier molecular flexibility index (Phi) is 5.08. The largest absolute Gasteiger partial charge is 0.329 e. The lowest BCUT2D eigenvalue weighted by atomic mass is 10.2. The first-order valence-electron chi connectivity index (χ1n) is 6.63. The van der Waals surface area contributed by atoms with E-state index in [1.54, 1.807) is 12.3 Å². The van der Waals surface area contributed by atoms with E-state index in [0.29, 0.717) is 29.2 Å². The summed E-state index contributed by atoms with van der Waals surface area (Å²) >= 11 is 3.26. The van der Waals surface area contributed by atoms with Crippen LogP contribution >= 0.6 is 15.9 Å². The average molecular weight is 353 g/mol. The Bertz CT molecular complexity index is 640. The summed E-state index contributed by atoms with van der Waals surface area (Å²) < 4.78 is 2.62. The maximum absolute atomic E-state index is 11.1. The number of nitrogens with one attached hydrogen (secondary N) is 1. The summed E-state index contributed by atoms with van der Waals surface area (Å²) in [4.78, 5) is 15.1. The van der Waals surface area contributed by atoms with Gasteiger partial charge in [-0.05, 0) is 12.1 Å². The Morgan fingerprint density at radius 3 is 2.90 bits per heavy atom. The number of nitrogens with zero attached hydrogens (tertiary/aromatic N) is 3. The van der Waals surface area contributed by atoms with E-state index >= 15 is 0 Å². The van der Waals surface area contributed by atoms with Crippen molar-refractivity contribution in [2.45, 2.75) is 33.0 Å². The predicted molar refractivity (Wildman–Crippen MR) is 84.1 cm³/mol. The highest BCUT2D eigenvalue weighted by molar-refractivity contribution is 9.10. The third kappa shape index (κ3) is 4.12. The number of hydrogen-bond donors (Lipinski definition) is 1. The van der Waals surface area contributed by atoms with E-state index in [4.69, 9.17) is 0 Å². The Hall–Kier alpha value is -1.73. The monoisotopic (exact) mass is 352 g/mol. The molecule has 0 unspecified atom stereocenters. The molecule has 7 heteroatoms. The summed E-state index contributed by atoms with van der Waals surface area (Å²) in [5.41, 5.74) is 0.771. The summed E-state index contributed by atoms with van der Waals surface area (Å²) in [5.74, 6) is 0.862. The van der Waals surface area contributed by atoms with Gasteiger partial charge in [-0.25, -0.2) is 4.98 Å². The fourth-order valence-electron chi connectivity index (χ4n) is 1.97. The lowest BCUT2D eigenvalue weighted by Gasteiger charge is -2.11. The minimum Gasteiger partial charge on any atom is -0.329 e. The first-order valence-corrected chi connectivity index (χ1v) is 7.43. The van der Waals surface area contributed by atoms with E-state index in [0.717, 1.165) is 5.82 Å². The lowest BCUT2D eigenvalue weighted by molar-refractivity contribution is -0.385. The van der Waals surface area contributed by atoms with Gasteiger partial charge in [-0.2, -0.15) is 0 Å². The van der Waals surface area contributed by atoms with Crippen LogP contribution in [0.15, 0.2) is 35.1 Å². The van der Waals surface area contributed by atoms with Gasteiger partial charge in [0.1, 0.15) is 5.82 Å². The molecule has 0 spiro atoms. The van der Waals surface area contributed by atoms with Crippen LogP contribution in [0.1, 0.15) is 25.2 Å². The number of imidazole rings is 1. The summed E-state index contributed by atoms with van der Waals surface area (Å²) in [6.07, 6.45) is 3.55. The molecule has 0 saturated carbocycles. The molecule has 0 saturated heterocycles. The van der Waals surface area contributed by atoms with Crippen LogP contribution < -0.4 is 5.32 Å². The van der Waals surface area contributed by atoms with Crippen LogP contribution in [0.2, 0.25) is 0 Å². The minimum absolute atomic E-state index is 0.112. The molecule has 2 rings (SSSR count). The first kappa shape index (κ1) is 15.7. The van der Waals surface area contributed by atoms with Gasteiger partial charge < -0.3 is 9.88 Å². The molecule has 0 aliphatic heterocycles. The molecule has 0 radical (unpaired) electrons. The molecule has 1 N–H and O–H groups in total. The van der Waals surface area contributed by atoms with Gasteiger partial charge in [0.05, 0.1) is 18.0 Å². The minimum atomic E-state index is -0.358. The molecule has 2 aromatic rings. The zero-order valence-corrected chi connectivity index (χ0v) is 13.5. The molecule has 6 nitrogen and oxygen atoms in total. The van der Waals surface area contributed by atoms with E-state index in [2.05, 4.69) is 40.1 Å². The number of benzene rings is 1. The maximum atomic E-state index is 11.1. The Morgan fingerprint density at radius 2 is 2.24 bits per heavy atom.